The van der Waals surface area contributed by atoms with Crippen LogP contribution in [0, 0.1) is 5.92 Å². The van der Waals surface area contributed by atoms with Gasteiger partial charge in [0.15, 0.2) is 5.96 Å². The zero-order valence-electron chi connectivity index (χ0n) is 12.9. The Morgan fingerprint density at radius 2 is 2.18 bits per heavy atom. The predicted octanol–water partition coefficient (Wildman–Crippen LogP) is 3.40. The second-order valence-electron chi connectivity index (χ2n) is 5.86. The summed E-state index contributed by atoms with van der Waals surface area (Å²) in [7, 11) is 0. The van der Waals surface area contributed by atoms with Gasteiger partial charge in [-0.15, -0.1) is 24.0 Å². The van der Waals surface area contributed by atoms with Crippen LogP contribution in [0.15, 0.2) is 41.5 Å². The molecular weight excluding hydrogens is 387 g/mol. The van der Waals surface area contributed by atoms with Crippen molar-refractivity contribution >= 4 is 40.8 Å². The number of benzene rings is 1. The molecule has 1 aliphatic rings. The second-order valence-corrected chi connectivity index (χ2v) is 5.86. The molecule has 1 fully saturated rings. The topological polar surface area (TPSA) is 54.5 Å². The van der Waals surface area contributed by atoms with E-state index in [2.05, 4.69) is 40.0 Å². The molecule has 5 heteroatoms. The lowest BCUT2D eigenvalue weighted by Crippen LogP contribution is -2.43. The Kier molecular flexibility index (Phi) is 5.99. The van der Waals surface area contributed by atoms with Crippen LogP contribution >= 0.6 is 24.0 Å². The maximum absolute atomic E-state index is 6.16. The Morgan fingerprint density at radius 3 is 3.00 bits per heavy atom. The SMILES string of the molecule is CC1CCCN(C(N)=NCc2cccc3cccnc23)C1.I. The van der Waals surface area contributed by atoms with E-state index in [0.717, 1.165) is 29.6 Å². The van der Waals surface area contributed by atoms with Gasteiger partial charge in [-0.05, 0) is 30.4 Å². The molecule has 0 saturated carbocycles. The number of likely N-dealkylation sites (tertiary alicyclic amines) is 1. The van der Waals surface area contributed by atoms with Gasteiger partial charge in [0.05, 0.1) is 12.1 Å². The van der Waals surface area contributed by atoms with Crippen LogP contribution in [0.2, 0.25) is 0 Å². The summed E-state index contributed by atoms with van der Waals surface area (Å²) in [5.74, 6) is 1.36. The Morgan fingerprint density at radius 1 is 1.36 bits per heavy atom. The number of hydrogen-bond acceptors (Lipinski definition) is 2. The number of aliphatic imine (C=N–C) groups is 1. The number of aromatic nitrogens is 1. The first kappa shape index (κ1) is 17.0. The minimum absolute atomic E-state index is 0. The number of halogens is 1. The van der Waals surface area contributed by atoms with E-state index in [4.69, 9.17) is 5.73 Å². The minimum atomic E-state index is 0. The highest BCUT2D eigenvalue weighted by molar-refractivity contribution is 14.0. The molecule has 1 unspecified atom stereocenters. The highest BCUT2D eigenvalue weighted by Crippen LogP contribution is 2.18. The van der Waals surface area contributed by atoms with Gasteiger partial charge < -0.3 is 10.6 Å². The van der Waals surface area contributed by atoms with Gasteiger partial charge in [0, 0.05) is 24.7 Å². The van der Waals surface area contributed by atoms with Gasteiger partial charge in [-0.25, -0.2) is 4.99 Å². The number of fused-ring (bicyclic) bond motifs is 1. The summed E-state index contributed by atoms with van der Waals surface area (Å²) in [4.78, 5) is 11.2. The summed E-state index contributed by atoms with van der Waals surface area (Å²) < 4.78 is 0. The molecule has 118 valence electrons. The first-order valence-electron chi connectivity index (χ1n) is 7.61. The number of para-hydroxylation sites is 1. The monoisotopic (exact) mass is 410 g/mol. The standard InChI is InChI=1S/C17H22N4.HI/c1-13-5-4-10-21(12-13)17(18)20-11-15-7-2-6-14-8-3-9-19-16(14)15;/h2-3,6-9,13H,4-5,10-12H2,1H3,(H2,18,20);1H. The minimum Gasteiger partial charge on any atom is -0.370 e. The fourth-order valence-electron chi connectivity index (χ4n) is 2.96. The highest BCUT2D eigenvalue weighted by Gasteiger charge is 2.17. The molecule has 2 aromatic rings. The molecule has 0 radical (unpaired) electrons. The lowest BCUT2D eigenvalue weighted by atomic mass is 10.0. The van der Waals surface area contributed by atoms with E-state index in [1.807, 2.05) is 18.3 Å². The zero-order valence-corrected chi connectivity index (χ0v) is 15.2. The average molecular weight is 410 g/mol. The predicted molar refractivity (Wildman–Crippen MR) is 102 cm³/mol. The van der Waals surface area contributed by atoms with E-state index in [9.17, 15) is 0 Å². The van der Waals surface area contributed by atoms with Gasteiger partial charge in [-0.3, -0.25) is 4.98 Å². The van der Waals surface area contributed by atoms with Gasteiger partial charge in [0.2, 0.25) is 0 Å². The maximum Gasteiger partial charge on any atom is 0.191 e. The van der Waals surface area contributed by atoms with Crippen molar-refractivity contribution in [2.45, 2.75) is 26.3 Å². The number of nitrogens with zero attached hydrogens (tertiary/aromatic N) is 3. The fourth-order valence-corrected chi connectivity index (χ4v) is 2.96. The van der Waals surface area contributed by atoms with Crippen LogP contribution in [-0.2, 0) is 6.54 Å². The molecule has 1 aromatic heterocycles. The van der Waals surface area contributed by atoms with Crippen LogP contribution in [0.25, 0.3) is 10.9 Å². The molecule has 2 heterocycles. The van der Waals surface area contributed by atoms with Crippen molar-refractivity contribution in [3.63, 3.8) is 0 Å². The summed E-state index contributed by atoms with van der Waals surface area (Å²) >= 11 is 0. The number of rotatable bonds is 2. The summed E-state index contributed by atoms with van der Waals surface area (Å²) in [6.45, 7) is 4.90. The van der Waals surface area contributed by atoms with Crippen molar-refractivity contribution in [3.05, 3.63) is 42.1 Å². The number of piperidine rings is 1. The second kappa shape index (κ2) is 7.76. The summed E-state index contributed by atoms with van der Waals surface area (Å²) in [5, 5.41) is 1.15. The summed E-state index contributed by atoms with van der Waals surface area (Å²) in [5.41, 5.74) is 8.30. The molecule has 0 bridgehead atoms. The van der Waals surface area contributed by atoms with E-state index in [1.54, 1.807) is 0 Å². The Labute approximate surface area is 148 Å². The molecule has 1 aliphatic heterocycles. The van der Waals surface area contributed by atoms with Crippen LogP contribution in [0.5, 0.6) is 0 Å². The van der Waals surface area contributed by atoms with Crippen LogP contribution in [-0.4, -0.2) is 28.9 Å². The molecule has 1 saturated heterocycles. The molecule has 4 nitrogen and oxygen atoms in total. The molecule has 1 aromatic carbocycles. The molecule has 3 rings (SSSR count). The van der Waals surface area contributed by atoms with E-state index in [-0.39, 0.29) is 24.0 Å². The van der Waals surface area contributed by atoms with Gasteiger partial charge in [0.25, 0.3) is 0 Å². The number of guanidine groups is 1. The third kappa shape index (κ3) is 3.88. The van der Waals surface area contributed by atoms with Crippen LogP contribution < -0.4 is 5.73 Å². The van der Waals surface area contributed by atoms with E-state index >= 15 is 0 Å². The normalized spacial score (nSPS) is 19.0. The Bertz CT molecular complexity index is 651. The largest absolute Gasteiger partial charge is 0.370 e. The van der Waals surface area contributed by atoms with Crippen molar-refractivity contribution in [3.8, 4) is 0 Å². The average Bonchev–Trinajstić information content (AvgIpc) is 2.52. The van der Waals surface area contributed by atoms with Gasteiger partial charge >= 0.3 is 0 Å². The molecule has 22 heavy (non-hydrogen) atoms. The number of nitrogens with two attached hydrogens (primary N) is 1. The Balaban J connectivity index is 0.00000176. The third-order valence-electron chi connectivity index (χ3n) is 4.11. The third-order valence-corrected chi connectivity index (χ3v) is 4.11. The molecule has 0 aliphatic carbocycles. The lowest BCUT2D eigenvalue weighted by molar-refractivity contribution is 0.270. The summed E-state index contributed by atoms with van der Waals surface area (Å²) in [6.07, 6.45) is 4.31. The van der Waals surface area contributed by atoms with Crippen molar-refractivity contribution in [2.75, 3.05) is 13.1 Å². The smallest absolute Gasteiger partial charge is 0.191 e. The summed E-state index contributed by atoms with van der Waals surface area (Å²) in [6, 6.07) is 10.2. The fraction of sp³-hybridized carbons (Fsp3) is 0.412. The quantitative estimate of drug-likeness (QED) is 0.469. The van der Waals surface area contributed by atoms with Crippen LogP contribution in [0.1, 0.15) is 25.3 Å². The molecular formula is C17H23IN4. The molecule has 0 spiro atoms. The first-order chi connectivity index (χ1) is 10.2. The Hall–Kier alpha value is -1.37. The first-order valence-corrected chi connectivity index (χ1v) is 7.61. The van der Waals surface area contributed by atoms with Crippen molar-refractivity contribution < 1.29 is 0 Å². The van der Waals surface area contributed by atoms with Gasteiger partial charge in [-0.1, -0.05) is 31.2 Å². The van der Waals surface area contributed by atoms with E-state index < -0.39 is 0 Å². The zero-order chi connectivity index (χ0) is 14.7. The van der Waals surface area contributed by atoms with Gasteiger partial charge in [0.1, 0.15) is 0 Å². The van der Waals surface area contributed by atoms with Crippen molar-refractivity contribution in [1.29, 1.82) is 0 Å². The number of hydrogen-bond donors (Lipinski definition) is 1. The van der Waals surface area contributed by atoms with Crippen LogP contribution in [0.3, 0.4) is 0 Å². The van der Waals surface area contributed by atoms with E-state index in [1.165, 1.54) is 12.8 Å². The number of pyridine rings is 1. The lowest BCUT2D eigenvalue weighted by Gasteiger charge is -2.31. The maximum atomic E-state index is 6.16. The van der Waals surface area contributed by atoms with Crippen molar-refractivity contribution in [1.82, 2.24) is 9.88 Å². The van der Waals surface area contributed by atoms with E-state index in [0.29, 0.717) is 18.4 Å². The van der Waals surface area contributed by atoms with Crippen molar-refractivity contribution in [2.24, 2.45) is 16.6 Å². The molecule has 0 amide bonds. The molecule has 1 atom stereocenters. The highest BCUT2D eigenvalue weighted by atomic mass is 127. The molecule has 2 N–H and O–H groups in total. The van der Waals surface area contributed by atoms with Gasteiger partial charge in [-0.2, -0.15) is 0 Å². The van der Waals surface area contributed by atoms with Crippen LogP contribution in [0.4, 0.5) is 0 Å².